The van der Waals surface area contributed by atoms with Crippen molar-refractivity contribution in [2.75, 3.05) is 0 Å². The van der Waals surface area contributed by atoms with Gasteiger partial charge in [0.15, 0.2) is 0 Å². The van der Waals surface area contributed by atoms with Crippen LogP contribution >= 0.6 is 0 Å². The number of aromatic nitrogens is 1. The number of nitrogens with one attached hydrogen (secondary N) is 1. The number of benzene rings is 1. The predicted molar refractivity (Wildman–Crippen MR) is 72.7 cm³/mol. The van der Waals surface area contributed by atoms with Crippen molar-refractivity contribution in [2.24, 2.45) is 0 Å². The predicted octanol–water partition coefficient (Wildman–Crippen LogP) is 4.07. The Labute approximate surface area is 121 Å². The maximum atomic E-state index is 12.7. The van der Waals surface area contributed by atoms with Crippen molar-refractivity contribution in [2.45, 2.75) is 39.0 Å². The van der Waals surface area contributed by atoms with Crippen molar-refractivity contribution in [1.82, 2.24) is 10.5 Å². The Kier molecular flexibility index (Phi) is 4.67. The van der Waals surface area contributed by atoms with Crippen LogP contribution in [0.1, 0.15) is 35.0 Å². The number of hydrogen-bond acceptors (Lipinski definition) is 3. The van der Waals surface area contributed by atoms with Crippen LogP contribution in [0.25, 0.3) is 0 Å². The molecule has 2 aromatic rings. The smallest absolute Gasteiger partial charge is 0.361 e. The molecule has 114 valence electrons. The van der Waals surface area contributed by atoms with Crippen LogP contribution < -0.4 is 5.32 Å². The molecule has 0 saturated heterocycles. The molecule has 1 atom stereocenters. The minimum atomic E-state index is -4.23. The molecule has 21 heavy (non-hydrogen) atoms. The van der Waals surface area contributed by atoms with Gasteiger partial charge >= 0.3 is 6.18 Å². The minimum absolute atomic E-state index is 0.288. The van der Waals surface area contributed by atoms with Gasteiger partial charge in [0.05, 0.1) is 12.1 Å². The van der Waals surface area contributed by atoms with E-state index in [0.29, 0.717) is 17.0 Å². The Bertz CT molecular complexity index is 559. The van der Waals surface area contributed by atoms with Gasteiger partial charge in [0.1, 0.15) is 5.76 Å². The molecule has 0 radical (unpaired) electrons. The molecule has 1 N–H and O–H groups in total. The first kappa shape index (κ1) is 15.6. The summed E-state index contributed by atoms with van der Waals surface area (Å²) in [6, 6.07) is 7.84. The maximum absolute atomic E-state index is 12.7. The first-order valence-electron chi connectivity index (χ1n) is 6.63. The lowest BCUT2D eigenvalue weighted by molar-refractivity contribution is -0.140. The van der Waals surface area contributed by atoms with E-state index in [1.165, 1.54) is 0 Å². The van der Waals surface area contributed by atoms with Gasteiger partial charge in [-0.25, -0.2) is 0 Å². The summed E-state index contributed by atoms with van der Waals surface area (Å²) in [5.41, 5.74) is 2.11. The summed E-state index contributed by atoms with van der Waals surface area (Å²) in [5.74, 6) is 0.624. The van der Waals surface area contributed by atoms with Crippen LogP contribution in [0.5, 0.6) is 0 Å². The second-order valence-electron chi connectivity index (χ2n) is 4.97. The van der Waals surface area contributed by atoms with E-state index in [2.05, 4.69) is 10.5 Å². The van der Waals surface area contributed by atoms with Crippen LogP contribution in [0.2, 0.25) is 0 Å². The average molecular weight is 298 g/mol. The standard InChI is InChI=1S/C15H17F3N2O/c1-10-13(11(2)21-20-10)9-19-14(8-15(16,17)18)12-6-4-3-5-7-12/h3-7,14,19H,8-9H2,1-2H3. The third-order valence-electron chi connectivity index (χ3n) is 3.34. The van der Waals surface area contributed by atoms with Crippen LogP contribution in [0.4, 0.5) is 13.2 Å². The summed E-state index contributed by atoms with van der Waals surface area (Å²) in [7, 11) is 0. The highest BCUT2D eigenvalue weighted by molar-refractivity contribution is 5.22. The second-order valence-corrected chi connectivity index (χ2v) is 4.97. The van der Waals surface area contributed by atoms with Crippen LogP contribution in [0, 0.1) is 13.8 Å². The highest BCUT2D eigenvalue weighted by Crippen LogP contribution is 2.30. The van der Waals surface area contributed by atoms with Gasteiger partial charge in [-0.3, -0.25) is 0 Å². The molecule has 1 aromatic heterocycles. The lowest BCUT2D eigenvalue weighted by Crippen LogP contribution is -2.26. The van der Waals surface area contributed by atoms with Crippen molar-refractivity contribution >= 4 is 0 Å². The largest absolute Gasteiger partial charge is 0.390 e. The number of halogens is 3. The lowest BCUT2D eigenvalue weighted by atomic mass is 10.0. The molecule has 0 bridgehead atoms. The SMILES string of the molecule is Cc1noc(C)c1CNC(CC(F)(F)F)c1ccccc1. The molecule has 0 spiro atoms. The van der Waals surface area contributed by atoms with E-state index in [9.17, 15) is 13.2 Å². The van der Waals surface area contributed by atoms with Gasteiger partial charge in [-0.05, 0) is 19.4 Å². The fourth-order valence-corrected chi connectivity index (χ4v) is 2.20. The van der Waals surface area contributed by atoms with Crippen molar-refractivity contribution in [3.8, 4) is 0 Å². The normalized spacial score (nSPS) is 13.4. The monoisotopic (exact) mass is 298 g/mol. The molecule has 1 heterocycles. The summed E-state index contributed by atoms with van der Waals surface area (Å²) in [6.07, 6.45) is -5.15. The van der Waals surface area contributed by atoms with Gasteiger partial charge in [-0.15, -0.1) is 0 Å². The number of hydrogen-bond donors (Lipinski definition) is 1. The summed E-state index contributed by atoms with van der Waals surface area (Å²) >= 11 is 0. The van der Waals surface area contributed by atoms with Gasteiger partial charge in [-0.1, -0.05) is 35.5 Å². The highest BCUT2D eigenvalue weighted by Gasteiger charge is 2.32. The highest BCUT2D eigenvalue weighted by atomic mass is 19.4. The summed E-state index contributed by atoms with van der Waals surface area (Å²) in [4.78, 5) is 0. The minimum Gasteiger partial charge on any atom is -0.361 e. The molecular formula is C15H17F3N2O. The van der Waals surface area contributed by atoms with Gasteiger partial charge in [-0.2, -0.15) is 13.2 Å². The van der Waals surface area contributed by atoms with Crippen molar-refractivity contribution in [3.05, 3.63) is 52.9 Å². The molecule has 0 aliphatic rings. The molecule has 0 saturated carbocycles. The molecule has 1 aromatic carbocycles. The molecule has 6 heteroatoms. The summed E-state index contributed by atoms with van der Waals surface area (Å²) < 4.78 is 43.3. The van der Waals surface area contributed by atoms with E-state index in [4.69, 9.17) is 4.52 Å². The van der Waals surface area contributed by atoms with Crippen LogP contribution in [0.15, 0.2) is 34.9 Å². The molecule has 1 unspecified atom stereocenters. The third kappa shape index (κ3) is 4.32. The third-order valence-corrected chi connectivity index (χ3v) is 3.34. The zero-order chi connectivity index (χ0) is 15.5. The zero-order valence-corrected chi connectivity index (χ0v) is 11.9. The molecule has 0 amide bonds. The first-order chi connectivity index (χ1) is 9.87. The van der Waals surface area contributed by atoms with Crippen LogP contribution in [-0.4, -0.2) is 11.3 Å². The quantitative estimate of drug-likeness (QED) is 0.904. The Morgan fingerprint density at radius 3 is 2.38 bits per heavy atom. The van der Waals surface area contributed by atoms with Crippen molar-refractivity contribution in [1.29, 1.82) is 0 Å². The van der Waals surface area contributed by atoms with Crippen molar-refractivity contribution in [3.63, 3.8) is 0 Å². The Balaban J connectivity index is 2.13. The Hall–Kier alpha value is -1.82. The number of rotatable bonds is 5. The van der Waals surface area contributed by atoms with Gasteiger partial charge in [0.2, 0.25) is 0 Å². The Morgan fingerprint density at radius 1 is 1.19 bits per heavy atom. The number of aryl methyl sites for hydroxylation is 2. The second kappa shape index (κ2) is 6.30. The van der Waals surface area contributed by atoms with E-state index < -0.39 is 18.6 Å². The molecule has 0 aliphatic carbocycles. The lowest BCUT2D eigenvalue weighted by Gasteiger charge is -2.20. The van der Waals surface area contributed by atoms with Gasteiger partial charge in [0, 0.05) is 18.2 Å². The number of nitrogens with zero attached hydrogens (tertiary/aromatic N) is 1. The van der Waals surface area contributed by atoms with E-state index in [-0.39, 0.29) is 6.54 Å². The first-order valence-corrected chi connectivity index (χ1v) is 6.63. The van der Waals surface area contributed by atoms with E-state index in [1.54, 1.807) is 44.2 Å². The van der Waals surface area contributed by atoms with Crippen LogP contribution in [-0.2, 0) is 6.54 Å². The summed E-state index contributed by atoms with van der Waals surface area (Å²) in [6.45, 7) is 3.81. The molecule has 0 fully saturated rings. The average Bonchev–Trinajstić information content (AvgIpc) is 2.74. The molecule has 3 nitrogen and oxygen atoms in total. The van der Waals surface area contributed by atoms with Gasteiger partial charge in [0.25, 0.3) is 0 Å². The summed E-state index contributed by atoms with van der Waals surface area (Å²) in [5, 5.41) is 6.76. The fraction of sp³-hybridized carbons (Fsp3) is 0.400. The Morgan fingerprint density at radius 2 is 1.86 bits per heavy atom. The topological polar surface area (TPSA) is 38.1 Å². The van der Waals surface area contributed by atoms with E-state index in [0.717, 1.165) is 5.56 Å². The number of alkyl halides is 3. The van der Waals surface area contributed by atoms with Crippen molar-refractivity contribution < 1.29 is 17.7 Å². The molecular weight excluding hydrogens is 281 g/mol. The van der Waals surface area contributed by atoms with E-state index in [1.807, 2.05) is 0 Å². The zero-order valence-electron chi connectivity index (χ0n) is 11.9. The van der Waals surface area contributed by atoms with E-state index >= 15 is 0 Å². The van der Waals surface area contributed by atoms with Gasteiger partial charge < -0.3 is 9.84 Å². The molecule has 2 rings (SSSR count). The maximum Gasteiger partial charge on any atom is 0.390 e. The van der Waals surface area contributed by atoms with Crippen LogP contribution in [0.3, 0.4) is 0 Å². The molecule has 0 aliphatic heterocycles. The fourth-order valence-electron chi connectivity index (χ4n) is 2.20.